The monoisotopic (exact) mass is 343 g/mol. The number of carbonyl (C=O) groups is 1. The normalized spacial score (nSPS) is 18.5. The SMILES string of the molecule is O=C(O)C(NC1CCCCCC1)c1ccc(Br)c(F)c1. The maximum Gasteiger partial charge on any atom is 0.325 e. The van der Waals surface area contributed by atoms with Crippen LogP contribution in [0.5, 0.6) is 0 Å². The van der Waals surface area contributed by atoms with Gasteiger partial charge >= 0.3 is 5.97 Å². The van der Waals surface area contributed by atoms with Crippen LogP contribution in [0.3, 0.4) is 0 Å². The maximum atomic E-state index is 13.6. The molecule has 0 bridgehead atoms. The molecule has 3 nitrogen and oxygen atoms in total. The topological polar surface area (TPSA) is 49.3 Å². The van der Waals surface area contributed by atoms with E-state index in [1.54, 1.807) is 12.1 Å². The number of carboxylic acid groups (broad SMARTS) is 1. The van der Waals surface area contributed by atoms with Gasteiger partial charge in [-0.1, -0.05) is 31.7 Å². The molecule has 0 saturated heterocycles. The third-order valence-electron chi connectivity index (χ3n) is 3.78. The van der Waals surface area contributed by atoms with E-state index >= 15 is 0 Å². The number of hydrogen-bond donors (Lipinski definition) is 2. The Morgan fingerprint density at radius 1 is 1.30 bits per heavy atom. The number of aliphatic carboxylic acids is 1. The lowest BCUT2D eigenvalue weighted by molar-refractivity contribution is -0.140. The zero-order valence-corrected chi connectivity index (χ0v) is 12.8. The van der Waals surface area contributed by atoms with Crippen molar-refractivity contribution in [2.75, 3.05) is 0 Å². The predicted molar refractivity (Wildman–Crippen MR) is 79.1 cm³/mol. The van der Waals surface area contributed by atoms with E-state index in [1.807, 2.05) is 0 Å². The van der Waals surface area contributed by atoms with Crippen molar-refractivity contribution in [1.82, 2.24) is 5.32 Å². The highest BCUT2D eigenvalue weighted by atomic mass is 79.9. The highest BCUT2D eigenvalue weighted by Gasteiger charge is 2.24. The van der Waals surface area contributed by atoms with Crippen molar-refractivity contribution in [3.63, 3.8) is 0 Å². The number of hydrogen-bond acceptors (Lipinski definition) is 2. The molecule has 0 aromatic heterocycles. The summed E-state index contributed by atoms with van der Waals surface area (Å²) in [5, 5.41) is 12.6. The molecule has 1 aromatic rings. The van der Waals surface area contributed by atoms with Gasteiger partial charge in [0.1, 0.15) is 11.9 Å². The van der Waals surface area contributed by atoms with E-state index in [1.165, 1.54) is 18.9 Å². The summed E-state index contributed by atoms with van der Waals surface area (Å²) in [4.78, 5) is 11.5. The minimum Gasteiger partial charge on any atom is -0.480 e. The summed E-state index contributed by atoms with van der Waals surface area (Å²) in [6.45, 7) is 0. The Balaban J connectivity index is 2.13. The van der Waals surface area contributed by atoms with Crippen molar-refractivity contribution in [3.05, 3.63) is 34.1 Å². The van der Waals surface area contributed by atoms with E-state index in [0.717, 1.165) is 25.7 Å². The van der Waals surface area contributed by atoms with Crippen molar-refractivity contribution >= 4 is 21.9 Å². The van der Waals surface area contributed by atoms with Crippen LogP contribution in [-0.2, 0) is 4.79 Å². The summed E-state index contributed by atoms with van der Waals surface area (Å²) in [5.74, 6) is -1.40. The minimum absolute atomic E-state index is 0.199. The molecule has 1 aromatic carbocycles. The van der Waals surface area contributed by atoms with Crippen LogP contribution < -0.4 is 5.32 Å². The zero-order valence-electron chi connectivity index (χ0n) is 11.2. The van der Waals surface area contributed by atoms with Crippen LogP contribution in [0.4, 0.5) is 4.39 Å². The second-order valence-electron chi connectivity index (χ2n) is 5.30. The molecule has 2 N–H and O–H groups in total. The summed E-state index contributed by atoms with van der Waals surface area (Å²) < 4.78 is 13.9. The molecule has 20 heavy (non-hydrogen) atoms. The standard InChI is InChI=1S/C15H19BrFNO2/c16-12-8-7-10(9-13(12)17)14(15(19)20)18-11-5-3-1-2-4-6-11/h7-9,11,14,18H,1-6H2,(H,19,20). The van der Waals surface area contributed by atoms with E-state index in [2.05, 4.69) is 21.2 Å². The summed E-state index contributed by atoms with van der Waals surface area (Å²) >= 11 is 3.08. The number of halogens is 2. The van der Waals surface area contributed by atoms with Crippen LogP contribution >= 0.6 is 15.9 Å². The molecule has 110 valence electrons. The molecule has 0 spiro atoms. The first-order valence-corrected chi connectivity index (χ1v) is 7.81. The first-order chi connectivity index (χ1) is 9.58. The second-order valence-corrected chi connectivity index (χ2v) is 6.15. The summed E-state index contributed by atoms with van der Waals surface area (Å²) in [5.41, 5.74) is 0.461. The summed E-state index contributed by atoms with van der Waals surface area (Å²) in [7, 11) is 0. The molecule has 5 heteroatoms. The molecule has 1 unspecified atom stereocenters. The number of nitrogens with one attached hydrogen (secondary N) is 1. The molecule has 0 aliphatic heterocycles. The van der Waals surface area contributed by atoms with Crippen LogP contribution in [0.15, 0.2) is 22.7 Å². The van der Waals surface area contributed by atoms with Crippen molar-refractivity contribution in [3.8, 4) is 0 Å². The smallest absolute Gasteiger partial charge is 0.325 e. The Labute approximate surface area is 126 Å². The molecule has 2 rings (SSSR count). The van der Waals surface area contributed by atoms with Crippen LogP contribution in [0.1, 0.15) is 50.1 Å². The van der Waals surface area contributed by atoms with Crippen LogP contribution in [0, 0.1) is 5.82 Å². The fourth-order valence-electron chi connectivity index (χ4n) is 2.68. The van der Waals surface area contributed by atoms with Gasteiger partial charge in [-0.05, 0) is 46.5 Å². The first-order valence-electron chi connectivity index (χ1n) is 7.01. The van der Waals surface area contributed by atoms with Gasteiger partial charge in [0.2, 0.25) is 0 Å². The predicted octanol–water partition coefficient (Wildman–Crippen LogP) is 4.03. The Hall–Kier alpha value is -0.940. The quantitative estimate of drug-likeness (QED) is 0.811. The van der Waals surface area contributed by atoms with Gasteiger partial charge in [0.25, 0.3) is 0 Å². The average molecular weight is 344 g/mol. The highest BCUT2D eigenvalue weighted by Crippen LogP contribution is 2.24. The Morgan fingerprint density at radius 2 is 1.95 bits per heavy atom. The van der Waals surface area contributed by atoms with Gasteiger partial charge in [-0.25, -0.2) is 4.39 Å². The van der Waals surface area contributed by atoms with Gasteiger partial charge < -0.3 is 5.11 Å². The molecular formula is C15H19BrFNO2. The summed E-state index contributed by atoms with van der Waals surface area (Å²) in [6.07, 6.45) is 6.65. The van der Waals surface area contributed by atoms with Crippen molar-refractivity contribution < 1.29 is 14.3 Å². The van der Waals surface area contributed by atoms with Crippen LogP contribution in [0.2, 0.25) is 0 Å². The Morgan fingerprint density at radius 3 is 2.50 bits per heavy atom. The third kappa shape index (κ3) is 4.03. The fraction of sp³-hybridized carbons (Fsp3) is 0.533. The molecule has 1 atom stereocenters. The molecular weight excluding hydrogens is 325 g/mol. The van der Waals surface area contributed by atoms with Crippen molar-refractivity contribution in [1.29, 1.82) is 0 Å². The molecule has 0 radical (unpaired) electrons. The third-order valence-corrected chi connectivity index (χ3v) is 4.42. The number of rotatable bonds is 4. The van der Waals surface area contributed by atoms with Crippen LogP contribution in [-0.4, -0.2) is 17.1 Å². The van der Waals surface area contributed by atoms with Gasteiger partial charge in [-0.3, -0.25) is 10.1 Å². The molecule has 1 saturated carbocycles. The van der Waals surface area contributed by atoms with Gasteiger partial charge in [-0.15, -0.1) is 0 Å². The lowest BCUT2D eigenvalue weighted by atomic mass is 10.0. The maximum absolute atomic E-state index is 13.6. The van der Waals surface area contributed by atoms with Gasteiger partial charge in [0.05, 0.1) is 4.47 Å². The number of benzene rings is 1. The van der Waals surface area contributed by atoms with E-state index in [-0.39, 0.29) is 6.04 Å². The Kier molecular flexibility index (Phi) is 5.54. The molecule has 0 amide bonds. The van der Waals surface area contributed by atoms with Crippen molar-refractivity contribution in [2.24, 2.45) is 0 Å². The summed E-state index contributed by atoms with van der Waals surface area (Å²) in [6, 6.07) is 3.84. The lowest BCUT2D eigenvalue weighted by Gasteiger charge is -2.22. The molecule has 1 fully saturated rings. The van der Waals surface area contributed by atoms with E-state index in [9.17, 15) is 14.3 Å². The second kappa shape index (κ2) is 7.18. The Bertz CT molecular complexity index is 473. The first kappa shape index (κ1) is 15.4. The van der Waals surface area contributed by atoms with Gasteiger partial charge in [-0.2, -0.15) is 0 Å². The number of carboxylic acids is 1. The van der Waals surface area contributed by atoms with E-state index in [0.29, 0.717) is 10.0 Å². The zero-order chi connectivity index (χ0) is 14.5. The fourth-order valence-corrected chi connectivity index (χ4v) is 2.93. The molecule has 1 aliphatic rings. The van der Waals surface area contributed by atoms with Gasteiger partial charge in [0.15, 0.2) is 0 Å². The molecule has 0 heterocycles. The largest absolute Gasteiger partial charge is 0.480 e. The van der Waals surface area contributed by atoms with Crippen LogP contribution in [0.25, 0.3) is 0 Å². The van der Waals surface area contributed by atoms with Gasteiger partial charge in [0, 0.05) is 6.04 Å². The lowest BCUT2D eigenvalue weighted by Crippen LogP contribution is -2.36. The molecule has 1 aliphatic carbocycles. The van der Waals surface area contributed by atoms with E-state index < -0.39 is 17.8 Å². The minimum atomic E-state index is -0.962. The average Bonchev–Trinajstić information content (AvgIpc) is 2.67. The highest BCUT2D eigenvalue weighted by molar-refractivity contribution is 9.10. The van der Waals surface area contributed by atoms with E-state index in [4.69, 9.17) is 0 Å². The van der Waals surface area contributed by atoms with Crippen molar-refractivity contribution in [2.45, 2.75) is 50.6 Å².